The molecule has 0 N–H and O–H groups in total. The van der Waals surface area contributed by atoms with Gasteiger partial charge in [-0.2, -0.15) is 0 Å². The molecule has 1 nitrogen and oxygen atoms in total. The Morgan fingerprint density at radius 2 is 1.83 bits per heavy atom. The minimum absolute atomic E-state index is 0.103. The van der Waals surface area contributed by atoms with Crippen LogP contribution < -0.4 is 0 Å². The van der Waals surface area contributed by atoms with Gasteiger partial charge in [-0.05, 0) is 67.9 Å². The number of hydrogen-bond donors (Lipinski definition) is 0. The van der Waals surface area contributed by atoms with Crippen LogP contribution in [0.4, 0.5) is 0 Å². The minimum Gasteiger partial charge on any atom is -0.295 e. The zero-order chi connectivity index (χ0) is 13.0. The first kappa shape index (κ1) is 12.8. The van der Waals surface area contributed by atoms with Crippen LogP contribution in [-0.4, -0.2) is 5.78 Å². The molecule has 94 valence electrons. The van der Waals surface area contributed by atoms with Gasteiger partial charge in [-0.25, -0.2) is 0 Å². The smallest absolute Gasteiger partial charge is 0.152 e. The Labute approximate surface area is 109 Å². The Kier molecular flexibility index (Phi) is 4.14. The van der Waals surface area contributed by atoms with Gasteiger partial charge in [0, 0.05) is 0 Å². The van der Waals surface area contributed by atoms with E-state index in [2.05, 4.69) is 30.3 Å². The second-order valence-corrected chi connectivity index (χ2v) is 4.99. The third-order valence-electron chi connectivity index (χ3n) is 3.42. The number of carbonyl (C=O) groups is 1. The molecule has 0 radical (unpaired) electrons. The molecule has 0 saturated carbocycles. The summed E-state index contributed by atoms with van der Waals surface area (Å²) in [5.74, 6) is 0.103. The molecule has 0 unspecified atom stereocenters. The van der Waals surface area contributed by atoms with E-state index in [4.69, 9.17) is 0 Å². The quantitative estimate of drug-likeness (QED) is 0.704. The van der Waals surface area contributed by atoms with Crippen molar-refractivity contribution in [1.82, 2.24) is 0 Å². The van der Waals surface area contributed by atoms with Gasteiger partial charge in [0.1, 0.15) is 0 Å². The van der Waals surface area contributed by atoms with E-state index >= 15 is 0 Å². The van der Waals surface area contributed by atoms with Gasteiger partial charge in [-0.15, -0.1) is 0 Å². The van der Waals surface area contributed by atoms with E-state index in [0.717, 1.165) is 11.1 Å². The number of carbonyl (C=O) groups excluding carboxylic acids is 1. The minimum atomic E-state index is 0.103. The SMILES string of the molecule is CC(=O)C=C(C)c1ccc(C2=CCCCC2)cc1. The van der Waals surface area contributed by atoms with Crippen LogP contribution in [0.25, 0.3) is 11.1 Å². The highest BCUT2D eigenvalue weighted by atomic mass is 16.1. The van der Waals surface area contributed by atoms with Crippen LogP contribution in [0.5, 0.6) is 0 Å². The molecular weight excluding hydrogens is 220 g/mol. The predicted molar refractivity (Wildman–Crippen MR) is 77.2 cm³/mol. The summed E-state index contributed by atoms with van der Waals surface area (Å²) < 4.78 is 0. The molecule has 0 amide bonds. The summed E-state index contributed by atoms with van der Waals surface area (Å²) in [5, 5.41) is 0. The number of hydrogen-bond acceptors (Lipinski definition) is 1. The van der Waals surface area contributed by atoms with Gasteiger partial charge in [0.15, 0.2) is 5.78 Å². The normalized spacial score (nSPS) is 16.3. The fourth-order valence-corrected chi connectivity index (χ4v) is 2.44. The van der Waals surface area contributed by atoms with Crippen molar-refractivity contribution in [2.24, 2.45) is 0 Å². The topological polar surface area (TPSA) is 17.1 Å². The van der Waals surface area contributed by atoms with Crippen LogP contribution in [0.1, 0.15) is 50.7 Å². The monoisotopic (exact) mass is 240 g/mol. The fourth-order valence-electron chi connectivity index (χ4n) is 2.44. The highest BCUT2D eigenvalue weighted by molar-refractivity contribution is 5.94. The molecule has 0 aromatic heterocycles. The van der Waals surface area contributed by atoms with Crippen molar-refractivity contribution in [3.63, 3.8) is 0 Å². The molecule has 2 rings (SSSR count). The lowest BCUT2D eigenvalue weighted by molar-refractivity contribution is -0.112. The Morgan fingerprint density at radius 1 is 1.11 bits per heavy atom. The maximum absolute atomic E-state index is 11.1. The standard InChI is InChI=1S/C17H20O/c1-13(12-14(2)18)15-8-10-17(11-9-15)16-6-4-3-5-7-16/h6,8-12H,3-5,7H2,1-2H3. The van der Waals surface area contributed by atoms with Crippen molar-refractivity contribution < 1.29 is 4.79 Å². The molecule has 0 fully saturated rings. The van der Waals surface area contributed by atoms with Crippen LogP contribution in [-0.2, 0) is 4.79 Å². The van der Waals surface area contributed by atoms with Gasteiger partial charge in [-0.1, -0.05) is 30.3 Å². The maximum atomic E-state index is 11.1. The molecule has 1 aromatic carbocycles. The van der Waals surface area contributed by atoms with E-state index in [1.807, 2.05) is 6.92 Å². The van der Waals surface area contributed by atoms with E-state index in [0.29, 0.717) is 0 Å². The van der Waals surface area contributed by atoms with Crippen molar-refractivity contribution in [2.45, 2.75) is 39.5 Å². The van der Waals surface area contributed by atoms with Gasteiger partial charge in [0.2, 0.25) is 0 Å². The van der Waals surface area contributed by atoms with Gasteiger partial charge in [0.05, 0.1) is 0 Å². The van der Waals surface area contributed by atoms with Crippen molar-refractivity contribution in [2.75, 3.05) is 0 Å². The lowest BCUT2D eigenvalue weighted by atomic mass is 9.92. The molecule has 0 heterocycles. The Hall–Kier alpha value is -1.63. The van der Waals surface area contributed by atoms with Gasteiger partial charge < -0.3 is 0 Å². The third-order valence-corrected chi connectivity index (χ3v) is 3.42. The van der Waals surface area contributed by atoms with Crippen LogP contribution in [0.15, 0.2) is 36.4 Å². The first-order chi connectivity index (χ1) is 8.66. The van der Waals surface area contributed by atoms with Crippen LogP contribution in [0.2, 0.25) is 0 Å². The molecule has 1 aromatic rings. The Bertz CT molecular complexity index is 468. The molecule has 0 saturated heterocycles. The Morgan fingerprint density at radius 3 is 2.39 bits per heavy atom. The van der Waals surface area contributed by atoms with Crippen molar-refractivity contribution in [1.29, 1.82) is 0 Å². The summed E-state index contributed by atoms with van der Waals surface area (Å²) in [6.07, 6.45) is 9.08. The second-order valence-electron chi connectivity index (χ2n) is 4.99. The lowest BCUT2D eigenvalue weighted by Gasteiger charge is -2.13. The molecule has 0 aliphatic heterocycles. The highest BCUT2D eigenvalue weighted by Crippen LogP contribution is 2.27. The first-order valence-electron chi connectivity index (χ1n) is 6.65. The largest absolute Gasteiger partial charge is 0.295 e. The summed E-state index contributed by atoms with van der Waals surface area (Å²) in [4.78, 5) is 11.1. The molecule has 0 spiro atoms. The van der Waals surface area contributed by atoms with Gasteiger partial charge in [-0.3, -0.25) is 4.79 Å². The van der Waals surface area contributed by atoms with E-state index in [-0.39, 0.29) is 5.78 Å². The summed E-state index contributed by atoms with van der Waals surface area (Å²) >= 11 is 0. The van der Waals surface area contributed by atoms with Gasteiger partial charge in [0.25, 0.3) is 0 Å². The van der Waals surface area contributed by atoms with E-state index in [1.54, 1.807) is 13.0 Å². The second kappa shape index (κ2) is 5.81. The highest BCUT2D eigenvalue weighted by Gasteiger charge is 2.06. The van der Waals surface area contributed by atoms with Crippen LogP contribution >= 0.6 is 0 Å². The molecule has 1 aliphatic rings. The van der Waals surface area contributed by atoms with Crippen LogP contribution in [0, 0.1) is 0 Å². The van der Waals surface area contributed by atoms with E-state index in [9.17, 15) is 4.79 Å². The number of benzene rings is 1. The molecule has 1 aliphatic carbocycles. The molecule has 0 atom stereocenters. The average Bonchev–Trinajstić information content (AvgIpc) is 2.39. The summed E-state index contributed by atoms with van der Waals surface area (Å²) in [5.41, 5.74) is 4.96. The number of allylic oxidation sites excluding steroid dienone is 4. The molecule has 18 heavy (non-hydrogen) atoms. The first-order valence-corrected chi connectivity index (χ1v) is 6.65. The maximum Gasteiger partial charge on any atom is 0.152 e. The fraction of sp³-hybridized carbons (Fsp3) is 0.353. The predicted octanol–water partition coefficient (Wildman–Crippen LogP) is 4.64. The average molecular weight is 240 g/mol. The van der Waals surface area contributed by atoms with Gasteiger partial charge >= 0.3 is 0 Å². The summed E-state index contributed by atoms with van der Waals surface area (Å²) in [6, 6.07) is 8.56. The Balaban J connectivity index is 2.19. The zero-order valence-electron chi connectivity index (χ0n) is 11.2. The van der Waals surface area contributed by atoms with Crippen molar-refractivity contribution >= 4 is 16.9 Å². The molecule has 1 heteroatoms. The van der Waals surface area contributed by atoms with Crippen molar-refractivity contribution in [3.05, 3.63) is 47.5 Å². The van der Waals surface area contributed by atoms with Crippen LogP contribution in [0.3, 0.4) is 0 Å². The lowest BCUT2D eigenvalue weighted by Crippen LogP contribution is -1.92. The summed E-state index contributed by atoms with van der Waals surface area (Å²) in [7, 11) is 0. The number of ketones is 1. The summed E-state index contributed by atoms with van der Waals surface area (Å²) in [6.45, 7) is 3.57. The third kappa shape index (κ3) is 3.19. The number of rotatable bonds is 3. The van der Waals surface area contributed by atoms with E-state index < -0.39 is 0 Å². The zero-order valence-corrected chi connectivity index (χ0v) is 11.2. The molecule has 0 bridgehead atoms. The van der Waals surface area contributed by atoms with Crippen molar-refractivity contribution in [3.8, 4) is 0 Å². The molecular formula is C17H20O. The van der Waals surface area contributed by atoms with E-state index in [1.165, 1.54) is 36.8 Å².